The molecule has 8 heteroatoms. The number of carbonyl (C=O) groups is 2. The maximum atomic E-state index is 12.2. The number of rotatable bonds is 3. The van der Waals surface area contributed by atoms with E-state index in [1.807, 2.05) is 0 Å². The molecule has 0 aliphatic rings. The van der Waals surface area contributed by atoms with Gasteiger partial charge in [-0.1, -0.05) is 0 Å². The first-order valence-corrected chi connectivity index (χ1v) is 7.03. The molecule has 7 nitrogen and oxygen atoms in total. The molecule has 0 heterocycles. The van der Waals surface area contributed by atoms with Gasteiger partial charge in [0.05, 0.1) is 18.4 Å². The van der Waals surface area contributed by atoms with Crippen LogP contribution in [0.25, 0.3) is 0 Å². The topological polar surface area (TPSA) is 96.3 Å². The van der Waals surface area contributed by atoms with Crippen molar-refractivity contribution in [3.05, 3.63) is 23.3 Å². The van der Waals surface area contributed by atoms with Gasteiger partial charge in [0.2, 0.25) is 0 Å². The Labute approximate surface area is 136 Å². The van der Waals surface area contributed by atoms with Crippen LogP contribution in [0.2, 0.25) is 0 Å². The number of carbonyl (C=O) groups excluding carboxylic acids is 2. The summed E-state index contributed by atoms with van der Waals surface area (Å²) in [6.45, 7) is 6.84. The molecule has 0 aliphatic heterocycles. The van der Waals surface area contributed by atoms with Gasteiger partial charge in [-0.2, -0.15) is 0 Å². The minimum absolute atomic E-state index is 0.0707. The highest BCUT2D eigenvalue weighted by atomic mass is 16.6. The monoisotopic (exact) mass is 323 g/mol. The second-order valence-corrected chi connectivity index (χ2v) is 6.12. The molecule has 126 valence electrons. The smallest absolute Gasteiger partial charge is 0.465 e. The number of amides is 1. The Morgan fingerprint density at radius 3 is 2.22 bits per heavy atom. The summed E-state index contributed by atoms with van der Waals surface area (Å²) in [5.74, 6) is -0.635. The molecule has 1 rings (SSSR count). The second kappa shape index (κ2) is 7.01. The Balaban J connectivity index is 3.36. The van der Waals surface area contributed by atoms with Gasteiger partial charge in [0.25, 0.3) is 0 Å². The van der Waals surface area contributed by atoms with Crippen LogP contribution in [0.1, 0.15) is 36.7 Å². The van der Waals surface area contributed by atoms with Gasteiger partial charge in [0, 0.05) is 7.05 Å². The molecule has 0 spiro atoms. The Kier molecular flexibility index (Phi) is 5.79. The summed E-state index contributed by atoms with van der Waals surface area (Å²) in [4.78, 5) is 25.3. The summed E-state index contributed by atoms with van der Waals surface area (Å²) < 4.78 is 9.97. The van der Waals surface area contributed by atoms with Crippen LogP contribution < -0.4 is 10.4 Å². The Morgan fingerprint density at radius 2 is 1.78 bits per heavy atom. The van der Waals surface area contributed by atoms with E-state index >= 15 is 0 Å². The second-order valence-electron chi connectivity index (χ2n) is 6.12. The Morgan fingerprint density at radius 1 is 1.22 bits per heavy atom. The third-order valence-corrected chi connectivity index (χ3v) is 3.13. The quantitative estimate of drug-likeness (QED) is 0.632. The largest absolute Gasteiger partial charge is 0.488 e. The average molecular weight is 323 g/mol. The van der Waals surface area contributed by atoms with Crippen molar-refractivity contribution in [2.75, 3.05) is 19.1 Å². The predicted molar refractivity (Wildman–Crippen MR) is 87.0 cm³/mol. The SMILES string of the molecule is COC(=O)c1cc(B(O)O)cc(N(C)C(=O)OC(C)(C)C)c1C. The van der Waals surface area contributed by atoms with Gasteiger partial charge < -0.3 is 19.5 Å². The number of esters is 1. The maximum Gasteiger partial charge on any atom is 0.488 e. The first kappa shape index (κ1) is 19.0. The molecule has 1 aromatic carbocycles. The molecule has 0 bridgehead atoms. The Hall–Kier alpha value is -2.06. The minimum Gasteiger partial charge on any atom is -0.465 e. The van der Waals surface area contributed by atoms with Crippen molar-refractivity contribution in [2.45, 2.75) is 33.3 Å². The van der Waals surface area contributed by atoms with E-state index in [4.69, 9.17) is 9.47 Å². The van der Waals surface area contributed by atoms with Gasteiger partial charge in [-0.25, -0.2) is 9.59 Å². The summed E-state index contributed by atoms with van der Waals surface area (Å²) in [5.41, 5.74) is 0.322. The highest BCUT2D eigenvalue weighted by molar-refractivity contribution is 6.59. The number of benzene rings is 1. The lowest BCUT2D eigenvalue weighted by Crippen LogP contribution is -2.37. The van der Waals surface area contributed by atoms with Crippen molar-refractivity contribution in [1.82, 2.24) is 0 Å². The molecule has 0 saturated carbocycles. The maximum absolute atomic E-state index is 12.2. The van der Waals surface area contributed by atoms with E-state index in [1.54, 1.807) is 27.7 Å². The molecule has 1 aromatic rings. The molecule has 2 N–H and O–H groups in total. The zero-order chi connectivity index (χ0) is 17.9. The lowest BCUT2D eigenvalue weighted by molar-refractivity contribution is 0.0579. The molecule has 0 aromatic heterocycles. The number of ether oxygens (including phenoxy) is 2. The number of hydrogen-bond acceptors (Lipinski definition) is 6. The fraction of sp³-hybridized carbons (Fsp3) is 0.467. The predicted octanol–water partition coefficient (Wildman–Crippen LogP) is 0.833. The molecule has 0 saturated heterocycles. The summed E-state index contributed by atoms with van der Waals surface area (Å²) >= 11 is 0. The van der Waals surface area contributed by atoms with Crippen LogP contribution in [0.3, 0.4) is 0 Å². The highest BCUT2D eigenvalue weighted by Crippen LogP contribution is 2.24. The van der Waals surface area contributed by atoms with E-state index in [1.165, 1.54) is 31.2 Å². The lowest BCUT2D eigenvalue weighted by Gasteiger charge is -2.26. The summed E-state index contributed by atoms with van der Waals surface area (Å²) in [6.07, 6.45) is -0.624. The third-order valence-electron chi connectivity index (χ3n) is 3.13. The van der Waals surface area contributed by atoms with Gasteiger partial charge in [0.15, 0.2) is 0 Å². The van der Waals surface area contributed by atoms with Crippen LogP contribution in [0.15, 0.2) is 12.1 Å². The van der Waals surface area contributed by atoms with Crippen molar-refractivity contribution in [3.63, 3.8) is 0 Å². The lowest BCUT2D eigenvalue weighted by atomic mass is 9.78. The van der Waals surface area contributed by atoms with Crippen LogP contribution in [0.5, 0.6) is 0 Å². The van der Waals surface area contributed by atoms with Crippen LogP contribution in [0.4, 0.5) is 10.5 Å². The van der Waals surface area contributed by atoms with E-state index in [-0.39, 0.29) is 11.0 Å². The van der Waals surface area contributed by atoms with Crippen molar-refractivity contribution in [1.29, 1.82) is 0 Å². The number of nitrogens with zero attached hydrogens (tertiary/aromatic N) is 1. The van der Waals surface area contributed by atoms with Gasteiger partial charge in [-0.15, -0.1) is 0 Å². The molecule has 0 aliphatic carbocycles. The molecule has 0 fully saturated rings. The fourth-order valence-corrected chi connectivity index (χ4v) is 1.97. The van der Waals surface area contributed by atoms with E-state index in [9.17, 15) is 19.6 Å². The van der Waals surface area contributed by atoms with Crippen LogP contribution >= 0.6 is 0 Å². The van der Waals surface area contributed by atoms with Gasteiger partial charge >= 0.3 is 19.2 Å². The zero-order valence-electron chi connectivity index (χ0n) is 14.2. The Bertz CT molecular complexity index is 609. The zero-order valence-corrected chi connectivity index (χ0v) is 14.2. The molecule has 23 heavy (non-hydrogen) atoms. The van der Waals surface area contributed by atoms with E-state index in [0.29, 0.717) is 11.3 Å². The summed E-state index contributed by atoms with van der Waals surface area (Å²) in [5, 5.41) is 18.8. The standard InChI is InChI=1S/C15H22BNO6/c1-9-11(13(18)22-6)7-10(16(20)21)8-12(9)17(5)14(19)23-15(2,3)4/h7-8,20-21H,1-6H3. The van der Waals surface area contributed by atoms with Crippen molar-refractivity contribution >= 4 is 30.3 Å². The van der Waals surface area contributed by atoms with Gasteiger partial charge in [-0.3, -0.25) is 4.90 Å². The van der Waals surface area contributed by atoms with Gasteiger partial charge in [0.1, 0.15) is 5.60 Å². The number of anilines is 1. The summed E-state index contributed by atoms with van der Waals surface area (Å²) in [7, 11) is 0.913. The first-order valence-electron chi connectivity index (χ1n) is 7.03. The normalized spacial score (nSPS) is 11.0. The summed E-state index contributed by atoms with van der Waals surface area (Å²) in [6, 6.07) is 2.73. The van der Waals surface area contributed by atoms with E-state index in [0.717, 1.165) is 0 Å². The van der Waals surface area contributed by atoms with Crippen molar-refractivity contribution in [2.24, 2.45) is 0 Å². The van der Waals surface area contributed by atoms with Crippen LogP contribution in [-0.2, 0) is 9.47 Å². The van der Waals surface area contributed by atoms with Crippen molar-refractivity contribution < 1.29 is 29.1 Å². The van der Waals surface area contributed by atoms with E-state index < -0.39 is 24.8 Å². The third kappa shape index (κ3) is 4.71. The molecule has 1 amide bonds. The minimum atomic E-state index is -1.79. The van der Waals surface area contributed by atoms with Crippen LogP contribution in [-0.4, -0.2) is 49.0 Å². The van der Waals surface area contributed by atoms with Crippen LogP contribution in [0, 0.1) is 6.92 Å². The molecular weight excluding hydrogens is 301 g/mol. The number of hydrogen-bond donors (Lipinski definition) is 2. The first-order chi connectivity index (χ1) is 10.5. The van der Waals surface area contributed by atoms with Crippen molar-refractivity contribution in [3.8, 4) is 0 Å². The average Bonchev–Trinajstić information content (AvgIpc) is 2.43. The highest BCUT2D eigenvalue weighted by Gasteiger charge is 2.26. The van der Waals surface area contributed by atoms with Gasteiger partial charge in [-0.05, 0) is 50.9 Å². The molecular formula is C15H22BNO6. The fourth-order valence-electron chi connectivity index (χ4n) is 1.97. The molecule has 0 atom stereocenters. The number of methoxy groups -OCH3 is 1. The molecule has 0 unspecified atom stereocenters. The van der Waals surface area contributed by atoms with E-state index in [2.05, 4.69) is 0 Å². The molecule has 0 radical (unpaired) electrons.